The van der Waals surface area contributed by atoms with Crippen LogP contribution in [0.3, 0.4) is 0 Å². The lowest BCUT2D eigenvalue weighted by molar-refractivity contribution is -0.160. The largest absolute Gasteiger partial charge is 0.505 e. The molecule has 2 unspecified atom stereocenters. The molecule has 0 fully saturated rings. The van der Waals surface area contributed by atoms with Gasteiger partial charge in [-0.1, -0.05) is 0 Å². The van der Waals surface area contributed by atoms with E-state index in [1.165, 1.54) is 6.92 Å². The molecule has 0 radical (unpaired) electrons. The highest BCUT2D eigenvalue weighted by atomic mass is 16.6. The van der Waals surface area contributed by atoms with Gasteiger partial charge in [0.1, 0.15) is 6.10 Å². The Hall–Kier alpha value is -1.27. The second-order valence-electron chi connectivity index (χ2n) is 2.89. The van der Waals surface area contributed by atoms with Crippen molar-refractivity contribution in [2.24, 2.45) is 0 Å². The Labute approximate surface area is 73.7 Å². The van der Waals surface area contributed by atoms with E-state index in [0.717, 1.165) is 0 Å². The standard InChI is InChI=1S/C7H10O6/c1-7(3(9)2-8)5(11)4(10)6(12)13-7/h3,8-11H,2H2,1H3. The Morgan fingerprint density at radius 2 is 2.08 bits per heavy atom. The van der Waals surface area contributed by atoms with Gasteiger partial charge in [-0.3, -0.25) is 0 Å². The van der Waals surface area contributed by atoms with Crippen LogP contribution in [-0.2, 0) is 9.53 Å². The molecular weight excluding hydrogens is 180 g/mol. The number of cyclic esters (lactones) is 1. The quantitative estimate of drug-likeness (QED) is 0.415. The molecule has 74 valence electrons. The van der Waals surface area contributed by atoms with Crippen LogP contribution in [0.2, 0.25) is 0 Å². The van der Waals surface area contributed by atoms with Gasteiger partial charge in [0.25, 0.3) is 0 Å². The summed E-state index contributed by atoms with van der Waals surface area (Å²) >= 11 is 0. The van der Waals surface area contributed by atoms with E-state index in [9.17, 15) is 15.0 Å². The van der Waals surface area contributed by atoms with Gasteiger partial charge in [-0.25, -0.2) is 4.79 Å². The monoisotopic (exact) mass is 190 g/mol. The van der Waals surface area contributed by atoms with Crippen LogP contribution < -0.4 is 0 Å². The van der Waals surface area contributed by atoms with Gasteiger partial charge in [-0.15, -0.1) is 0 Å². The van der Waals surface area contributed by atoms with Gasteiger partial charge in [-0.05, 0) is 6.92 Å². The molecule has 1 aliphatic heterocycles. The normalized spacial score (nSPS) is 30.5. The molecule has 6 nitrogen and oxygen atoms in total. The maximum absolute atomic E-state index is 10.7. The van der Waals surface area contributed by atoms with Crippen molar-refractivity contribution in [3.8, 4) is 0 Å². The first kappa shape index (κ1) is 9.82. The van der Waals surface area contributed by atoms with Gasteiger partial charge in [0.05, 0.1) is 6.61 Å². The number of rotatable bonds is 2. The number of hydrogen-bond acceptors (Lipinski definition) is 6. The Balaban J connectivity index is 3.03. The molecular formula is C7H10O6. The molecule has 2 atom stereocenters. The molecule has 0 amide bonds. The van der Waals surface area contributed by atoms with Crippen molar-refractivity contribution in [1.29, 1.82) is 0 Å². The van der Waals surface area contributed by atoms with Crippen molar-refractivity contribution in [2.45, 2.75) is 18.6 Å². The van der Waals surface area contributed by atoms with Crippen molar-refractivity contribution in [3.63, 3.8) is 0 Å². The van der Waals surface area contributed by atoms with E-state index >= 15 is 0 Å². The van der Waals surface area contributed by atoms with Crippen molar-refractivity contribution < 1.29 is 30.0 Å². The maximum Gasteiger partial charge on any atom is 0.378 e. The van der Waals surface area contributed by atoms with Gasteiger partial charge in [-0.2, -0.15) is 0 Å². The topological polar surface area (TPSA) is 107 Å². The first-order valence-electron chi connectivity index (χ1n) is 3.58. The fourth-order valence-corrected chi connectivity index (χ4v) is 1.02. The van der Waals surface area contributed by atoms with E-state index in [0.29, 0.717) is 0 Å². The van der Waals surface area contributed by atoms with E-state index < -0.39 is 35.8 Å². The van der Waals surface area contributed by atoms with Crippen molar-refractivity contribution in [1.82, 2.24) is 0 Å². The molecule has 0 spiro atoms. The molecule has 0 aliphatic carbocycles. The summed E-state index contributed by atoms with van der Waals surface area (Å²) in [5.41, 5.74) is -1.75. The Morgan fingerprint density at radius 1 is 1.54 bits per heavy atom. The van der Waals surface area contributed by atoms with Crippen molar-refractivity contribution in [3.05, 3.63) is 11.5 Å². The third-order valence-electron chi connectivity index (χ3n) is 2.00. The summed E-state index contributed by atoms with van der Waals surface area (Å²) in [6, 6.07) is 0. The summed E-state index contributed by atoms with van der Waals surface area (Å²) in [7, 11) is 0. The predicted molar refractivity (Wildman–Crippen MR) is 39.9 cm³/mol. The summed E-state index contributed by atoms with van der Waals surface area (Å²) in [5, 5.41) is 35.9. The van der Waals surface area contributed by atoms with Crippen molar-refractivity contribution >= 4 is 5.97 Å². The summed E-state index contributed by atoms with van der Waals surface area (Å²) in [5.74, 6) is -2.82. The minimum absolute atomic E-state index is 0.693. The zero-order valence-corrected chi connectivity index (χ0v) is 6.89. The fraction of sp³-hybridized carbons (Fsp3) is 0.571. The molecule has 0 saturated carbocycles. The zero-order valence-electron chi connectivity index (χ0n) is 6.89. The van der Waals surface area contributed by atoms with Crippen LogP contribution >= 0.6 is 0 Å². The van der Waals surface area contributed by atoms with E-state index in [1.54, 1.807) is 0 Å². The van der Waals surface area contributed by atoms with E-state index in [1.807, 2.05) is 0 Å². The van der Waals surface area contributed by atoms with Crippen LogP contribution in [0.1, 0.15) is 6.92 Å². The lowest BCUT2D eigenvalue weighted by Crippen LogP contribution is -2.44. The SMILES string of the molecule is CC1(C(O)CO)OC(=O)C(O)=C1O. The van der Waals surface area contributed by atoms with E-state index in [-0.39, 0.29) is 0 Å². The average Bonchev–Trinajstić information content (AvgIpc) is 2.30. The molecule has 0 aromatic carbocycles. The fourth-order valence-electron chi connectivity index (χ4n) is 1.02. The molecule has 0 bridgehead atoms. The van der Waals surface area contributed by atoms with Crippen LogP contribution in [0.25, 0.3) is 0 Å². The van der Waals surface area contributed by atoms with Gasteiger partial charge < -0.3 is 25.2 Å². The van der Waals surface area contributed by atoms with Crippen LogP contribution in [0, 0.1) is 0 Å². The molecule has 0 aromatic rings. The third kappa shape index (κ3) is 1.24. The molecule has 0 aromatic heterocycles. The van der Waals surface area contributed by atoms with E-state index in [2.05, 4.69) is 4.74 Å². The van der Waals surface area contributed by atoms with Gasteiger partial charge in [0.2, 0.25) is 5.76 Å². The first-order chi connectivity index (χ1) is 5.93. The smallest absolute Gasteiger partial charge is 0.378 e. The molecule has 4 N–H and O–H groups in total. The molecule has 1 rings (SSSR count). The number of aliphatic hydroxyl groups excluding tert-OH is 4. The third-order valence-corrected chi connectivity index (χ3v) is 2.00. The van der Waals surface area contributed by atoms with Gasteiger partial charge in [0, 0.05) is 0 Å². The molecule has 13 heavy (non-hydrogen) atoms. The summed E-state index contributed by atoms with van der Waals surface area (Å²) in [6.45, 7) is 0.492. The van der Waals surface area contributed by atoms with Gasteiger partial charge >= 0.3 is 5.97 Å². The summed E-state index contributed by atoms with van der Waals surface area (Å²) in [4.78, 5) is 10.7. The highest BCUT2D eigenvalue weighted by Crippen LogP contribution is 2.32. The molecule has 1 heterocycles. The molecule has 1 aliphatic rings. The Kier molecular flexibility index (Phi) is 2.19. The molecule has 6 heteroatoms. The zero-order chi connectivity index (χ0) is 10.2. The van der Waals surface area contributed by atoms with E-state index in [4.69, 9.17) is 10.2 Å². The lowest BCUT2D eigenvalue weighted by Gasteiger charge is -2.26. The predicted octanol–water partition coefficient (Wildman–Crippen LogP) is -1.02. The number of esters is 1. The summed E-state index contributed by atoms with van der Waals surface area (Å²) in [6.07, 6.45) is -1.47. The minimum Gasteiger partial charge on any atom is -0.505 e. The Morgan fingerprint density at radius 3 is 2.38 bits per heavy atom. The average molecular weight is 190 g/mol. The van der Waals surface area contributed by atoms with Crippen molar-refractivity contribution in [2.75, 3.05) is 6.61 Å². The second-order valence-corrected chi connectivity index (χ2v) is 2.89. The number of aliphatic hydroxyl groups is 4. The second kappa shape index (κ2) is 2.90. The Bertz CT molecular complexity index is 270. The highest BCUT2D eigenvalue weighted by molar-refractivity contribution is 5.89. The number of ether oxygens (including phenoxy) is 1. The number of carbonyl (C=O) groups is 1. The number of carbonyl (C=O) groups excluding carboxylic acids is 1. The van der Waals surface area contributed by atoms with Crippen LogP contribution in [0.5, 0.6) is 0 Å². The van der Waals surface area contributed by atoms with Crippen LogP contribution in [-0.4, -0.2) is 44.7 Å². The summed E-state index contributed by atoms with van der Waals surface area (Å²) < 4.78 is 4.50. The first-order valence-corrected chi connectivity index (χ1v) is 3.58. The van der Waals surface area contributed by atoms with Crippen LogP contribution in [0.4, 0.5) is 0 Å². The maximum atomic E-state index is 10.7. The van der Waals surface area contributed by atoms with Crippen LogP contribution in [0.15, 0.2) is 11.5 Å². The highest BCUT2D eigenvalue weighted by Gasteiger charge is 2.50. The minimum atomic E-state index is -1.75. The van der Waals surface area contributed by atoms with Gasteiger partial charge in [0.15, 0.2) is 11.4 Å². The number of hydrogen-bond donors (Lipinski definition) is 4. The lowest BCUT2D eigenvalue weighted by atomic mass is 9.98. The molecule has 0 saturated heterocycles.